The van der Waals surface area contributed by atoms with E-state index in [1.807, 2.05) is 27.8 Å². The highest BCUT2D eigenvalue weighted by Gasteiger charge is 2.25. The molecule has 1 unspecified atom stereocenters. The molecule has 0 aliphatic carbocycles. The molecule has 0 amide bonds. The Balaban J connectivity index is 4.06. The summed E-state index contributed by atoms with van der Waals surface area (Å²) in [5, 5.41) is 12.5. The van der Waals surface area contributed by atoms with Crippen molar-refractivity contribution in [2.24, 2.45) is 0 Å². The first-order valence-corrected chi connectivity index (χ1v) is 6.28. The summed E-state index contributed by atoms with van der Waals surface area (Å²) < 4.78 is 5.50. The van der Waals surface area contributed by atoms with Crippen LogP contribution in [0.4, 0.5) is 0 Å². The first kappa shape index (κ1) is 16.4. The van der Waals surface area contributed by atoms with Crippen LogP contribution in [0.3, 0.4) is 0 Å². The van der Waals surface area contributed by atoms with E-state index in [2.05, 4.69) is 30.1 Å². The number of likely N-dealkylation sites (N-methyl/N-ethyl adjacent to an activating group) is 1. The molecule has 0 radical (unpaired) electrons. The molecule has 0 aromatic rings. The fraction of sp³-hybridized carbons (Fsp3) is 0.923. The van der Waals surface area contributed by atoms with Gasteiger partial charge in [0.2, 0.25) is 0 Å². The van der Waals surface area contributed by atoms with Crippen LogP contribution in [-0.2, 0) is 4.74 Å². The van der Waals surface area contributed by atoms with E-state index >= 15 is 0 Å². The molecule has 4 heteroatoms. The largest absolute Gasteiger partial charge is 0.377 e. The van der Waals surface area contributed by atoms with Gasteiger partial charge in [-0.2, -0.15) is 5.26 Å². The van der Waals surface area contributed by atoms with Crippen molar-refractivity contribution < 1.29 is 4.74 Å². The monoisotopic (exact) mass is 241 g/mol. The minimum Gasteiger partial charge on any atom is -0.377 e. The predicted octanol–water partition coefficient (Wildman–Crippen LogP) is 1.62. The highest BCUT2D eigenvalue weighted by Crippen LogP contribution is 2.06. The third-order valence-electron chi connectivity index (χ3n) is 2.36. The molecule has 0 aliphatic heterocycles. The van der Waals surface area contributed by atoms with Crippen LogP contribution in [0.15, 0.2) is 0 Å². The molecule has 0 aromatic carbocycles. The molecule has 1 N–H and O–H groups in total. The zero-order chi connectivity index (χ0) is 13.5. The van der Waals surface area contributed by atoms with Crippen molar-refractivity contribution in [3.05, 3.63) is 0 Å². The van der Waals surface area contributed by atoms with Crippen molar-refractivity contribution in [1.29, 1.82) is 5.26 Å². The molecule has 100 valence electrons. The van der Waals surface area contributed by atoms with Crippen molar-refractivity contribution in [1.82, 2.24) is 10.2 Å². The Morgan fingerprint density at radius 1 is 1.35 bits per heavy atom. The number of rotatable bonds is 8. The summed E-state index contributed by atoms with van der Waals surface area (Å²) in [4.78, 5) is 2.13. The topological polar surface area (TPSA) is 48.3 Å². The fourth-order valence-electron chi connectivity index (χ4n) is 1.81. The molecule has 0 spiro atoms. The molecule has 0 rings (SSSR count). The van der Waals surface area contributed by atoms with Crippen molar-refractivity contribution in [2.45, 2.75) is 52.3 Å². The van der Waals surface area contributed by atoms with Crippen LogP contribution in [0.5, 0.6) is 0 Å². The Morgan fingerprint density at radius 2 is 1.94 bits per heavy atom. The lowest BCUT2D eigenvalue weighted by atomic mass is 10.0. The van der Waals surface area contributed by atoms with Gasteiger partial charge in [-0.25, -0.2) is 0 Å². The van der Waals surface area contributed by atoms with Gasteiger partial charge in [0.25, 0.3) is 0 Å². The Morgan fingerprint density at radius 3 is 2.35 bits per heavy atom. The average Bonchev–Trinajstić information content (AvgIpc) is 2.15. The van der Waals surface area contributed by atoms with Crippen LogP contribution in [0.1, 0.15) is 34.6 Å². The van der Waals surface area contributed by atoms with E-state index in [0.29, 0.717) is 19.2 Å². The van der Waals surface area contributed by atoms with Crippen molar-refractivity contribution in [2.75, 3.05) is 26.7 Å². The molecule has 17 heavy (non-hydrogen) atoms. The molecule has 1 atom stereocenters. The highest BCUT2D eigenvalue weighted by atomic mass is 16.5. The maximum atomic E-state index is 9.23. The lowest BCUT2D eigenvalue weighted by Gasteiger charge is -2.30. The Hall–Kier alpha value is -0.630. The van der Waals surface area contributed by atoms with Crippen LogP contribution in [0.2, 0.25) is 0 Å². The first-order chi connectivity index (χ1) is 7.79. The summed E-state index contributed by atoms with van der Waals surface area (Å²) in [6.45, 7) is 12.3. The average molecular weight is 241 g/mol. The van der Waals surface area contributed by atoms with Crippen LogP contribution < -0.4 is 5.32 Å². The van der Waals surface area contributed by atoms with Gasteiger partial charge in [-0.05, 0) is 41.7 Å². The van der Waals surface area contributed by atoms with Gasteiger partial charge in [-0.3, -0.25) is 5.32 Å². The molecule has 4 nitrogen and oxygen atoms in total. The molecule has 0 heterocycles. The zero-order valence-electron chi connectivity index (χ0n) is 12.1. The SMILES string of the molecule is CC(C)NC(C)(C#N)CN(C)CCOC(C)C. The molecule has 0 aliphatic rings. The van der Waals surface area contributed by atoms with Crippen molar-refractivity contribution >= 4 is 0 Å². The normalized spacial score (nSPS) is 15.3. The summed E-state index contributed by atoms with van der Waals surface area (Å²) in [7, 11) is 2.02. The molecule has 0 saturated heterocycles. The third-order valence-corrected chi connectivity index (χ3v) is 2.36. The van der Waals surface area contributed by atoms with Crippen molar-refractivity contribution in [3.63, 3.8) is 0 Å². The maximum Gasteiger partial charge on any atom is 0.116 e. The van der Waals surface area contributed by atoms with Gasteiger partial charge in [0.05, 0.1) is 18.8 Å². The van der Waals surface area contributed by atoms with Gasteiger partial charge in [0, 0.05) is 19.1 Å². The first-order valence-electron chi connectivity index (χ1n) is 6.28. The lowest BCUT2D eigenvalue weighted by Crippen LogP contribution is -2.52. The van der Waals surface area contributed by atoms with E-state index in [-0.39, 0.29) is 6.10 Å². The van der Waals surface area contributed by atoms with Gasteiger partial charge in [0.1, 0.15) is 5.54 Å². The highest BCUT2D eigenvalue weighted by molar-refractivity contribution is 5.06. The molecule has 0 saturated carbocycles. The zero-order valence-corrected chi connectivity index (χ0v) is 12.1. The van der Waals surface area contributed by atoms with Crippen molar-refractivity contribution in [3.8, 4) is 6.07 Å². The number of hydrogen-bond donors (Lipinski definition) is 1. The number of ether oxygens (including phenoxy) is 1. The van der Waals surface area contributed by atoms with Gasteiger partial charge < -0.3 is 9.64 Å². The Kier molecular flexibility index (Phi) is 7.37. The smallest absolute Gasteiger partial charge is 0.116 e. The molecular formula is C13H27N3O. The predicted molar refractivity (Wildman–Crippen MR) is 70.9 cm³/mol. The minimum absolute atomic E-state index is 0.263. The van der Waals surface area contributed by atoms with Crippen LogP contribution in [0.25, 0.3) is 0 Å². The maximum absolute atomic E-state index is 9.23. The van der Waals surface area contributed by atoms with E-state index in [1.165, 1.54) is 0 Å². The quantitative estimate of drug-likeness (QED) is 0.701. The van der Waals surface area contributed by atoms with E-state index < -0.39 is 5.54 Å². The number of hydrogen-bond acceptors (Lipinski definition) is 4. The summed E-state index contributed by atoms with van der Waals surface area (Å²) in [5.74, 6) is 0. The molecule has 0 aromatic heterocycles. The van der Waals surface area contributed by atoms with Gasteiger partial charge in [-0.15, -0.1) is 0 Å². The minimum atomic E-state index is -0.499. The van der Waals surface area contributed by atoms with E-state index in [1.54, 1.807) is 0 Å². The van der Waals surface area contributed by atoms with E-state index in [4.69, 9.17) is 4.74 Å². The van der Waals surface area contributed by atoms with Crippen LogP contribution >= 0.6 is 0 Å². The number of nitrogens with one attached hydrogen (secondary N) is 1. The second kappa shape index (κ2) is 7.65. The summed E-state index contributed by atoms with van der Waals surface area (Å²) in [6, 6.07) is 2.65. The Labute approximate surface area is 106 Å². The number of nitrogens with zero attached hydrogens (tertiary/aromatic N) is 2. The molecule has 0 fully saturated rings. The second-order valence-corrected chi connectivity index (χ2v) is 5.40. The summed E-state index contributed by atoms with van der Waals surface area (Å²) >= 11 is 0. The molecular weight excluding hydrogens is 214 g/mol. The van der Waals surface area contributed by atoms with Gasteiger partial charge in [-0.1, -0.05) is 0 Å². The standard InChI is InChI=1S/C13H27N3O/c1-11(2)15-13(5,9-14)10-16(6)7-8-17-12(3)4/h11-12,15H,7-8,10H2,1-6H3. The summed E-state index contributed by atoms with van der Waals surface area (Å²) in [6.07, 6.45) is 0.263. The van der Waals surface area contributed by atoms with Crippen LogP contribution in [-0.4, -0.2) is 49.3 Å². The molecule has 0 bridgehead atoms. The van der Waals surface area contributed by atoms with E-state index in [0.717, 1.165) is 6.54 Å². The Bertz CT molecular complexity index is 248. The van der Waals surface area contributed by atoms with E-state index in [9.17, 15) is 5.26 Å². The number of nitriles is 1. The summed E-state index contributed by atoms with van der Waals surface area (Å²) in [5.41, 5.74) is -0.499. The van der Waals surface area contributed by atoms with Gasteiger partial charge in [0.15, 0.2) is 0 Å². The fourth-order valence-corrected chi connectivity index (χ4v) is 1.81. The lowest BCUT2D eigenvalue weighted by molar-refractivity contribution is 0.0607. The second-order valence-electron chi connectivity index (χ2n) is 5.40. The van der Waals surface area contributed by atoms with Crippen LogP contribution in [0, 0.1) is 11.3 Å². The third kappa shape index (κ3) is 8.14. The van der Waals surface area contributed by atoms with Gasteiger partial charge >= 0.3 is 0 Å².